The predicted octanol–water partition coefficient (Wildman–Crippen LogP) is 3.10. The van der Waals surface area contributed by atoms with Crippen LogP contribution in [-0.2, 0) is 0 Å². The van der Waals surface area contributed by atoms with E-state index < -0.39 is 0 Å². The summed E-state index contributed by atoms with van der Waals surface area (Å²) in [6.45, 7) is 2.12. The van der Waals surface area contributed by atoms with Gasteiger partial charge in [-0.05, 0) is 57.4 Å². The quantitative estimate of drug-likeness (QED) is 0.921. The largest absolute Gasteiger partial charge is 0.494 e. The minimum atomic E-state index is -0.295. The lowest BCUT2D eigenvalue weighted by molar-refractivity contribution is 0.140. The van der Waals surface area contributed by atoms with Crippen LogP contribution in [0.5, 0.6) is 5.75 Å². The van der Waals surface area contributed by atoms with Crippen LogP contribution in [0.3, 0.4) is 0 Å². The van der Waals surface area contributed by atoms with Crippen LogP contribution in [0.25, 0.3) is 0 Å². The van der Waals surface area contributed by atoms with Gasteiger partial charge in [-0.1, -0.05) is 6.07 Å². The number of halogens is 1. The van der Waals surface area contributed by atoms with Gasteiger partial charge in [-0.2, -0.15) is 0 Å². The number of benzene rings is 1. The van der Waals surface area contributed by atoms with E-state index >= 15 is 0 Å². The van der Waals surface area contributed by atoms with Gasteiger partial charge in [-0.3, -0.25) is 4.90 Å². The molecule has 2 rings (SSSR count). The van der Waals surface area contributed by atoms with Crippen LogP contribution in [0.2, 0.25) is 0 Å². The van der Waals surface area contributed by atoms with E-state index in [9.17, 15) is 4.39 Å². The topological polar surface area (TPSA) is 38.5 Å². The molecule has 2 N–H and O–H groups in total. The van der Waals surface area contributed by atoms with Crippen LogP contribution in [-0.4, -0.2) is 31.1 Å². The molecule has 1 saturated carbocycles. The van der Waals surface area contributed by atoms with Crippen molar-refractivity contribution in [1.82, 2.24) is 4.90 Å². The molecule has 1 aliphatic carbocycles. The Hall–Kier alpha value is -1.13. The SMILES string of the molecule is COc1ccc(C(C)N(C)C2CCC(N)CC2)cc1F. The Kier molecular flexibility index (Phi) is 5.00. The van der Waals surface area contributed by atoms with Gasteiger partial charge in [0.15, 0.2) is 11.6 Å². The highest BCUT2D eigenvalue weighted by Crippen LogP contribution is 2.30. The maximum absolute atomic E-state index is 13.8. The molecule has 0 spiro atoms. The molecule has 1 atom stereocenters. The second kappa shape index (κ2) is 6.55. The molecule has 20 heavy (non-hydrogen) atoms. The molecule has 0 bridgehead atoms. The Morgan fingerprint density at radius 1 is 1.30 bits per heavy atom. The van der Waals surface area contributed by atoms with Gasteiger partial charge in [0.2, 0.25) is 0 Å². The second-order valence-corrected chi connectivity index (χ2v) is 5.80. The van der Waals surface area contributed by atoms with E-state index in [1.807, 2.05) is 6.07 Å². The van der Waals surface area contributed by atoms with E-state index in [4.69, 9.17) is 10.5 Å². The third kappa shape index (κ3) is 3.30. The van der Waals surface area contributed by atoms with Crippen LogP contribution in [0.4, 0.5) is 4.39 Å². The molecular formula is C16H25FN2O. The normalized spacial score (nSPS) is 24.7. The summed E-state index contributed by atoms with van der Waals surface area (Å²) in [6, 6.07) is 6.30. The monoisotopic (exact) mass is 280 g/mol. The van der Waals surface area contributed by atoms with E-state index in [1.54, 1.807) is 12.1 Å². The molecule has 112 valence electrons. The van der Waals surface area contributed by atoms with Crippen molar-refractivity contribution >= 4 is 0 Å². The lowest BCUT2D eigenvalue weighted by Gasteiger charge is -2.37. The average Bonchev–Trinajstić information content (AvgIpc) is 2.46. The van der Waals surface area contributed by atoms with E-state index in [0.29, 0.717) is 17.8 Å². The number of rotatable bonds is 4. The number of hydrogen-bond donors (Lipinski definition) is 1. The zero-order valence-corrected chi connectivity index (χ0v) is 12.6. The summed E-state index contributed by atoms with van der Waals surface area (Å²) in [5.74, 6) is 0.00293. The number of nitrogens with zero attached hydrogens (tertiary/aromatic N) is 1. The summed E-state index contributed by atoms with van der Waals surface area (Å²) < 4.78 is 18.8. The zero-order valence-electron chi connectivity index (χ0n) is 12.6. The molecule has 1 fully saturated rings. The van der Waals surface area contributed by atoms with Gasteiger partial charge >= 0.3 is 0 Å². The summed E-state index contributed by atoms with van der Waals surface area (Å²) in [4.78, 5) is 2.34. The molecule has 0 radical (unpaired) electrons. The molecule has 3 nitrogen and oxygen atoms in total. The van der Waals surface area contributed by atoms with Crippen molar-refractivity contribution in [2.45, 2.75) is 50.7 Å². The first-order valence-electron chi connectivity index (χ1n) is 7.34. The molecule has 1 aromatic rings. The van der Waals surface area contributed by atoms with E-state index in [0.717, 1.165) is 31.2 Å². The Labute approximate surface area is 120 Å². The number of hydrogen-bond acceptors (Lipinski definition) is 3. The van der Waals surface area contributed by atoms with Gasteiger partial charge in [0.1, 0.15) is 0 Å². The molecule has 0 heterocycles. The van der Waals surface area contributed by atoms with Gasteiger partial charge in [0.25, 0.3) is 0 Å². The maximum atomic E-state index is 13.8. The average molecular weight is 280 g/mol. The molecule has 1 aliphatic rings. The standard InChI is InChI=1S/C16H25FN2O/c1-11(12-4-9-16(20-3)15(17)10-12)19(2)14-7-5-13(18)6-8-14/h4,9-11,13-14H,5-8,18H2,1-3H3. The molecule has 4 heteroatoms. The summed E-state index contributed by atoms with van der Waals surface area (Å²) in [5.41, 5.74) is 6.94. The second-order valence-electron chi connectivity index (χ2n) is 5.80. The zero-order chi connectivity index (χ0) is 14.7. The fraction of sp³-hybridized carbons (Fsp3) is 0.625. The van der Waals surface area contributed by atoms with Crippen LogP contribution in [0.15, 0.2) is 18.2 Å². The van der Waals surface area contributed by atoms with Crippen molar-refractivity contribution in [3.63, 3.8) is 0 Å². The molecule has 1 aromatic carbocycles. The Morgan fingerprint density at radius 2 is 1.95 bits per heavy atom. The smallest absolute Gasteiger partial charge is 0.165 e. The number of nitrogens with two attached hydrogens (primary N) is 1. The van der Waals surface area contributed by atoms with Crippen LogP contribution >= 0.6 is 0 Å². The fourth-order valence-corrected chi connectivity index (χ4v) is 3.00. The van der Waals surface area contributed by atoms with Crippen LogP contribution in [0.1, 0.15) is 44.2 Å². The third-order valence-electron chi connectivity index (χ3n) is 4.59. The van der Waals surface area contributed by atoms with Gasteiger partial charge in [-0.15, -0.1) is 0 Å². The van der Waals surface area contributed by atoms with E-state index in [-0.39, 0.29) is 11.9 Å². The van der Waals surface area contributed by atoms with Crippen molar-refractivity contribution in [2.75, 3.05) is 14.2 Å². The van der Waals surface area contributed by atoms with Crippen molar-refractivity contribution in [1.29, 1.82) is 0 Å². The van der Waals surface area contributed by atoms with Crippen molar-refractivity contribution in [3.05, 3.63) is 29.6 Å². The first kappa shape index (κ1) is 15.3. The summed E-state index contributed by atoms with van der Waals surface area (Å²) >= 11 is 0. The van der Waals surface area contributed by atoms with E-state index in [2.05, 4.69) is 18.9 Å². The molecule has 0 amide bonds. The summed E-state index contributed by atoms with van der Waals surface area (Å²) in [6.07, 6.45) is 4.42. The van der Waals surface area contributed by atoms with Crippen LogP contribution < -0.4 is 10.5 Å². The Bertz CT molecular complexity index is 444. The number of ether oxygens (including phenoxy) is 1. The van der Waals surface area contributed by atoms with Gasteiger partial charge < -0.3 is 10.5 Å². The summed E-state index contributed by atoms with van der Waals surface area (Å²) in [7, 11) is 3.60. The lowest BCUT2D eigenvalue weighted by atomic mass is 9.90. The maximum Gasteiger partial charge on any atom is 0.165 e. The first-order chi connectivity index (χ1) is 9.52. The van der Waals surface area contributed by atoms with Crippen molar-refractivity contribution in [2.24, 2.45) is 5.73 Å². The third-order valence-corrected chi connectivity index (χ3v) is 4.59. The minimum Gasteiger partial charge on any atom is -0.494 e. The van der Waals surface area contributed by atoms with Crippen LogP contribution in [0, 0.1) is 5.82 Å². The highest BCUT2D eigenvalue weighted by Gasteiger charge is 2.25. The highest BCUT2D eigenvalue weighted by molar-refractivity contribution is 5.30. The van der Waals surface area contributed by atoms with Crippen molar-refractivity contribution in [3.8, 4) is 5.75 Å². The van der Waals surface area contributed by atoms with Gasteiger partial charge in [0, 0.05) is 18.1 Å². The fourth-order valence-electron chi connectivity index (χ4n) is 3.00. The van der Waals surface area contributed by atoms with Crippen molar-refractivity contribution < 1.29 is 9.13 Å². The first-order valence-corrected chi connectivity index (χ1v) is 7.34. The molecular weight excluding hydrogens is 255 g/mol. The highest BCUT2D eigenvalue weighted by atomic mass is 19.1. The molecule has 1 unspecified atom stereocenters. The predicted molar refractivity (Wildman–Crippen MR) is 79.4 cm³/mol. The Balaban J connectivity index is 2.06. The minimum absolute atomic E-state index is 0.190. The summed E-state index contributed by atoms with van der Waals surface area (Å²) in [5, 5.41) is 0. The van der Waals surface area contributed by atoms with Gasteiger partial charge in [-0.25, -0.2) is 4.39 Å². The van der Waals surface area contributed by atoms with Gasteiger partial charge in [0.05, 0.1) is 7.11 Å². The Morgan fingerprint density at radius 3 is 2.50 bits per heavy atom. The lowest BCUT2D eigenvalue weighted by Crippen LogP contribution is -2.39. The molecule has 0 aliphatic heterocycles. The molecule has 0 saturated heterocycles. The van der Waals surface area contributed by atoms with E-state index in [1.165, 1.54) is 7.11 Å². The number of methoxy groups -OCH3 is 1. The molecule has 0 aromatic heterocycles.